The van der Waals surface area contributed by atoms with E-state index in [-0.39, 0.29) is 34.2 Å². The van der Waals surface area contributed by atoms with Crippen LogP contribution in [0.3, 0.4) is 0 Å². The Bertz CT molecular complexity index is 916. The van der Waals surface area contributed by atoms with Gasteiger partial charge in [-0.1, -0.05) is 47.1 Å². The number of benzene rings is 2. The van der Waals surface area contributed by atoms with Gasteiger partial charge in [0.15, 0.2) is 0 Å². The van der Waals surface area contributed by atoms with Crippen LogP contribution in [0, 0.1) is 19.7 Å². The zero-order chi connectivity index (χ0) is 18.0. The lowest BCUT2D eigenvalue weighted by Gasteiger charge is -2.08. The number of ether oxygens (including phenoxy) is 1. The molecule has 0 amide bonds. The van der Waals surface area contributed by atoms with Gasteiger partial charge in [0, 0.05) is 0 Å². The number of halogens is 2. The molecule has 3 rings (SSSR count). The topological polar surface area (TPSA) is 52.3 Å². The largest absolute Gasteiger partial charge is 0.457 e. The van der Waals surface area contributed by atoms with E-state index in [4.69, 9.17) is 20.9 Å². The summed E-state index contributed by atoms with van der Waals surface area (Å²) in [6.45, 7) is 3.59. The molecule has 2 aromatic carbocycles. The molecule has 6 heteroatoms. The molecule has 0 aliphatic carbocycles. The van der Waals surface area contributed by atoms with E-state index < -0.39 is 11.8 Å². The molecular formula is C19H15ClFNO3. The van der Waals surface area contributed by atoms with Crippen molar-refractivity contribution in [1.29, 1.82) is 0 Å². The molecule has 25 heavy (non-hydrogen) atoms. The Labute approximate surface area is 149 Å². The fourth-order valence-corrected chi connectivity index (χ4v) is 2.75. The highest BCUT2D eigenvalue weighted by Crippen LogP contribution is 2.33. The van der Waals surface area contributed by atoms with Gasteiger partial charge in [0.2, 0.25) is 0 Å². The summed E-state index contributed by atoms with van der Waals surface area (Å²) in [5.41, 5.74) is 2.02. The Kier molecular flexibility index (Phi) is 4.86. The van der Waals surface area contributed by atoms with E-state index in [9.17, 15) is 9.18 Å². The van der Waals surface area contributed by atoms with E-state index >= 15 is 0 Å². The first kappa shape index (κ1) is 17.2. The number of aryl methyl sites for hydroxylation is 2. The van der Waals surface area contributed by atoms with Crippen molar-refractivity contribution in [3.05, 3.63) is 75.8 Å². The van der Waals surface area contributed by atoms with Crippen molar-refractivity contribution < 1.29 is 18.4 Å². The molecule has 1 heterocycles. The van der Waals surface area contributed by atoms with Gasteiger partial charge in [-0.05, 0) is 37.1 Å². The highest BCUT2D eigenvalue weighted by molar-refractivity contribution is 6.33. The normalized spacial score (nSPS) is 10.7. The second-order valence-corrected chi connectivity index (χ2v) is 5.97. The Morgan fingerprint density at radius 3 is 2.68 bits per heavy atom. The quantitative estimate of drug-likeness (QED) is 0.607. The van der Waals surface area contributed by atoms with Crippen LogP contribution in [0.25, 0.3) is 11.3 Å². The maximum Gasteiger partial charge on any atom is 0.344 e. The van der Waals surface area contributed by atoms with Crippen molar-refractivity contribution in [2.24, 2.45) is 0 Å². The average molecular weight is 360 g/mol. The highest BCUT2D eigenvalue weighted by Gasteiger charge is 2.26. The molecular weight excluding hydrogens is 345 g/mol. The van der Waals surface area contributed by atoms with Crippen LogP contribution in [0.1, 0.15) is 27.2 Å². The summed E-state index contributed by atoms with van der Waals surface area (Å²) in [6, 6.07) is 11.8. The maximum atomic E-state index is 14.2. The molecule has 1 aromatic heterocycles. The minimum atomic E-state index is -0.642. The fourth-order valence-electron chi connectivity index (χ4n) is 2.49. The minimum absolute atomic E-state index is 0.0175. The molecule has 0 bridgehead atoms. The predicted molar refractivity (Wildman–Crippen MR) is 91.9 cm³/mol. The number of hydrogen-bond acceptors (Lipinski definition) is 4. The Balaban J connectivity index is 1.92. The number of esters is 1. The smallest absolute Gasteiger partial charge is 0.344 e. The van der Waals surface area contributed by atoms with Gasteiger partial charge in [-0.25, -0.2) is 9.18 Å². The third-order valence-electron chi connectivity index (χ3n) is 3.89. The average Bonchev–Trinajstić information content (AvgIpc) is 2.95. The van der Waals surface area contributed by atoms with Crippen molar-refractivity contribution in [2.75, 3.05) is 0 Å². The Hall–Kier alpha value is -2.66. The van der Waals surface area contributed by atoms with Crippen LogP contribution in [0.15, 0.2) is 47.0 Å². The predicted octanol–water partition coefficient (Wildman–Crippen LogP) is 5.11. The zero-order valence-electron chi connectivity index (χ0n) is 13.7. The molecule has 4 nitrogen and oxygen atoms in total. The Morgan fingerprint density at radius 2 is 1.96 bits per heavy atom. The van der Waals surface area contributed by atoms with Crippen molar-refractivity contribution in [3.63, 3.8) is 0 Å². The summed E-state index contributed by atoms with van der Waals surface area (Å²) in [4.78, 5) is 12.5. The van der Waals surface area contributed by atoms with Gasteiger partial charge in [0.1, 0.15) is 29.4 Å². The van der Waals surface area contributed by atoms with Gasteiger partial charge in [-0.3, -0.25) is 0 Å². The molecule has 128 valence electrons. The third-order valence-corrected chi connectivity index (χ3v) is 4.20. The summed E-state index contributed by atoms with van der Waals surface area (Å²) in [6.07, 6.45) is 0. The van der Waals surface area contributed by atoms with E-state index in [1.807, 2.05) is 31.2 Å². The highest BCUT2D eigenvalue weighted by atomic mass is 35.5. The number of carbonyl (C=O) groups is 1. The lowest BCUT2D eigenvalue weighted by molar-refractivity contribution is 0.0471. The van der Waals surface area contributed by atoms with Crippen LogP contribution in [-0.2, 0) is 11.3 Å². The summed E-state index contributed by atoms with van der Waals surface area (Å²) in [5, 5.41) is 3.94. The summed E-state index contributed by atoms with van der Waals surface area (Å²) >= 11 is 6.07. The van der Waals surface area contributed by atoms with Crippen molar-refractivity contribution in [3.8, 4) is 11.3 Å². The maximum absolute atomic E-state index is 14.2. The van der Waals surface area contributed by atoms with E-state index in [2.05, 4.69) is 5.16 Å². The third kappa shape index (κ3) is 3.42. The molecule has 0 spiro atoms. The minimum Gasteiger partial charge on any atom is -0.457 e. The molecule has 0 saturated heterocycles. The number of hydrogen-bond donors (Lipinski definition) is 0. The van der Waals surface area contributed by atoms with Gasteiger partial charge >= 0.3 is 5.97 Å². The zero-order valence-corrected chi connectivity index (χ0v) is 14.4. The molecule has 0 aliphatic heterocycles. The van der Waals surface area contributed by atoms with Crippen molar-refractivity contribution in [1.82, 2.24) is 5.16 Å². The van der Waals surface area contributed by atoms with Crippen LogP contribution in [0.4, 0.5) is 4.39 Å². The van der Waals surface area contributed by atoms with Gasteiger partial charge in [0.25, 0.3) is 0 Å². The first-order valence-corrected chi connectivity index (χ1v) is 7.99. The first-order valence-electron chi connectivity index (χ1n) is 7.61. The molecule has 0 unspecified atom stereocenters. The monoisotopic (exact) mass is 359 g/mol. The Morgan fingerprint density at radius 1 is 1.20 bits per heavy atom. The molecule has 0 radical (unpaired) electrons. The fraction of sp³-hybridized carbons (Fsp3) is 0.158. The van der Waals surface area contributed by atoms with Crippen LogP contribution in [-0.4, -0.2) is 11.1 Å². The van der Waals surface area contributed by atoms with E-state index in [0.717, 1.165) is 11.1 Å². The van der Waals surface area contributed by atoms with E-state index in [0.29, 0.717) is 0 Å². The molecule has 0 atom stereocenters. The second kappa shape index (κ2) is 7.07. The first-order chi connectivity index (χ1) is 12.0. The van der Waals surface area contributed by atoms with Crippen molar-refractivity contribution >= 4 is 17.6 Å². The molecule has 3 aromatic rings. The lowest BCUT2D eigenvalue weighted by atomic mass is 10.1. The molecule has 0 fully saturated rings. The van der Waals surface area contributed by atoms with Gasteiger partial charge in [0.05, 0.1) is 10.6 Å². The number of nitrogens with zero attached hydrogens (tertiary/aromatic N) is 1. The summed E-state index contributed by atoms with van der Waals surface area (Å²) in [5.74, 6) is -0.992. The van der Waals surface area contributed by atoms with Crippen molar-refractivity contribution in [2.45, 2.75) is 20.5 Å². The summed E-state index contributed by atoms with van der Waals surface area (Å²) in [7, 11) is 0. The SMILES string of the molecule is Cc1ccccc1COC(=O)c1c(-c2c(F)cccc2Cl)noc1C. The van der Waals surface area contributed by atoms with Crippen LogP contribution in [0.2, 0.25) is 5.02 Å². The van der Waals surface area contributed by atoms with Gasteiger partial charge < -0.3 is 9.26 Å². The van der Waals surface area contributed by atoms with Crippen LogP contribution in [0.5, 0.6) is 0 Å². The lowest BCUT2D eigenvalue weighted by Crippen LogP contribution is -2.08. The second-order valence-electron chi connectivity index (χ2n) is 5.56. The molecule has 0 saturated carbocycles. The standard InChI is InChI=1S/C19H15ClFNO3/c1-11-6-3-4-7-13(11)10-24-19(23)16-12(2)25-22-18(16)17-14(20)8-5-9-15(17)21/h3-9H,10H2,1-2H3. The van der Waals surface area contributed by atoms with E-state index in [1.54, 1.807) is 6.92 Å². The van der Waals surface area contributed by atoms with Crippen LogP contribution >= 0.6 is 11.6 Å². The van der Waals surface area contributed by atoms with Gasteiger partial charge in [-0.15, -0.1) is 0 Å². The van der Waals surface area contributed by atoms with E-state index in [1.165, 1.54) is 18.2 Å². The van der Waals surface area contributed by atoms with Crippen LogP contribution < -0.4 is 0 Å². The molecule has 0 N–H and O–H groups in total. The molecule has 0 aliphatic rings. The number of rotatable bonds is 4. The van der Waals surface area contributed by atoms with Gasteiger partial charge in [-0.2, -0.15) is 0 Å². The summed E-state index contributed by atoms with van der Waals surface area (Å²) < 4.78 is 24.6. The number of aromatic nitrogens is 1. The number of carbonyl (C=O) groups excluding carboxylic acids is 1.